The summed E-state index contributed by atoms with van der Waals surface area (Å²) in [7, 11) is 0. The highest BCUT2D eigenvalue weighted by molar-refractivity contribution is 5.99. The van der Waals surface area contributed by atoms with Gasteiger partial charge in [-0.1, -0.05) is 36.4 Å². The molecule has 1 aliphatic heterocycles. The van der Waals surface area contributed by atoms with E-state index >= 15 is 0 Å². The monoisotopic (exact) mass is 412 g/mol. The molecule has 3 heterocycles. The minimum Gasteiger partial charge on any atom is -0.460 e. The number of piperazine rings is 1. The lowest BCUT2D eigenvalue weighted by atomic mass is 10.1. The van der Waals surface area contributed by atoms with Crippen LogP contribution in [0.5, 0.6) is 0 Å². The molecule has 2 aromatic heterocycles. The van der Waals surface area contributed by atoms with Gasteiger partial charge in [0.2, 0.25) is 0 Å². The molecule has 0 N–H and O–H groups in total. The van der Waals surface area contributed by atoms with Gasteiger partial charge in [0.05, 0.1) is 11.3 Å². The van der Waals surface area contributed by atoms with Gasteiger partial charge in [-0.15, -0.1) is 0 Å². The maximum atomic E-state index is 13.5. The highest BCUT2D eigenvalue weighted by Gasteiger charge is 2.27. The van der Waals surface area contributed by atoms with E-state index in [2.05, 4.69) is 17.0 Å². The highest BCUT2D eigenvalue weighted by atomic mass is 16.3. The van der Waals surface area contributed by atoms with Crippen LogP contribution in [0.1, 0.15) is 16.1 Å². The molecule has 6 nitrogen and oxygen atoms in total. The largest absolute Gasteiger partial charge is 0.460 e. The first-order valence-corrected chi connectivity index (χ1v) is 10.5. The van der Waals surface area contributed by atoms with E-state index in [0.29, 0.717) is 30.1 Å². The summed E-state index contributed by atoms with van der Waals surface area (Å²) in [5.74, 6) is 1.39. The predicted molar refractivity (Wildman–Crippen MR) is 121 cm³/mol. The number of hydrogen-bond donors (Lipinski definition) is 0. The van der Waals surface area contributed by atoms with Gasteiger partial charge in [-0.05, 0) is 43.3 Å². The molecule has 31 heavy (non-hydrogen) atoms. The smallest absolute Gasteiger partial charge is 0.257 e. The number of hydrogen-bond acceptors (Lipinski definition) is 4. The van der Waals surface area contributed by atoms with E-state index in [1.807, 2.05) is 78.7 Å². The summed E-state index contributed by atoms with van der Waals surface area (Å²) in [6.45, 7) is 4.83. The van der Waals surface area contributed by atoms with E-state index in [0.717, 1.165) is 24.5 Å². The maximum absolute atomic E-state index is 13.5. The van der Waals surface area contributed by atoms with E-state index in [1.54, 1.807) is 4.68 Å². The number of para-hydroxylation sites is 2. The molecule has 0 radical (unpaired) electrons. The minimum atomic E-state index is -0.0149. The number of anilines is 1. The number of carbonyl (C=O) groups excluding carboxylic acids is 1. The summed E-state index contributed by atoms with van der Waals surface area (Å²) in [6, 6.07) is 23.9. The summed E-state index contributed by atoms with van der Waals surface area (Å²) in [5.41, 5.74) is 3.23. The van der Waals surface area contributed by atoms with Crippen molar-refractivity contribution in [2.24, 2.45) is 0 Å². The van der Waals surface area contributed by atoms with Gasteiger partial charge in [-0.2, -0.15) is 5.10 Å². The summed E-state index contributed by atoms with van der Waals surface area (Å²) >= 11 is 0. The van der Waals surface area contributed by atoms with Crippen molar-refractivity contribution in [1.82, 2.24) is 14.7 Å². The van der Waals surface area contributed by atoms with Crippen LogP contribution in [0.4, 0.5) is 5.69 Å². The molecule has 4 aromatic rings. The van der Waals surface area contributed by atoms with Gasteiger partial charge in [0.1, 0.15) is 11.5 Å². The molecule has 6 heteroatoms. The summed E-state index contributed by atoms with van der Waals surface area (Å²) in [4.78, 5) is 17.7. The fourth-order valence-corrected chi connectivity index (χ4v) is 3.96. The summed E-state index contributed by atoms with van der Waals surface area (Å²) < 4.78 is 7.57. The molecule has 5 rings (SSSR count). The fourth-order valence-electron chi connectivity index (χ4n) is 3.96. The predicted octanol–water partition coefficient (Wildman–Crippen LogP) is 4.40. The average molecular weight is 412 g/mol. The van der Waals surface area contributed by atoms with Crippen LogP contribution in [0.15, 0.2) is 83.4 Å². The SMILES string of the molecule is Cc1ccc(-c2nn(-c3ccccc3)cc2C(=O)N2CCN(c3ccccc3)CC2)o1. The van der Waals surface area contributed by atoms with E-state index in [4.69, 9.17) is 9.52 Å². The molecule has 0 bridgehead atoms. The first kappa shape index (κ1) is 19.2. The number of amides is 1. The first-order valence-electron chi connectivity index (χ1n) is 10.5. The van der Waals surface area contributed by atoms with Crippen molar-refractivity contribution in [3.05, 3.63) is 90.3 Å². The molecule has 0 saturated carbocycles. The van der Waals surface area contributed by atoms with Crippen LogP contribution >= 0.6 is 0 Å². The van der Waals surface area contributed by atoms with Crippen LogP contribution < -0.4 is 4.90 Å². The molecular weight excluding hydrogens is 388 g/mol. The van der Waals surface area contributed by atoms with Crippen molar-refractivity contribution < 1.29 is 9.21 Å². The van der Waals surface area contributed by atoms with Gasteiger partial charge in [0.15, 0.2) is 5.76 Å². The molecule has 1 saturated heterocycles. The van der Waals surface area contributed by atoms with Crippen LogP contribution in [0.2, 0.25) is 0 Å². The van der Waals surface area contributed by atoms with Crippen LogP contribution in [-0.2, 0) is 0 Å². The van der Waals surface area contributed by atoms with E-state index in [9.17, 15) is 4.79 Å². The maximum Gasteiger partial charge on any atom is 0.257 e. The lowest BCUT2D eigenvalue weighted by molar-refractivity contribution is 0.0747. The van der Waals surface area contributed by atoms with Crippen LogP contribution in [0.3, 0.4) is 0 Å². The lowest BCUT2D eigenvalue weighted by Gasteiger charge is -2.36. The van der Waals surface area contributed by atoms with Crippen molar-refractivity contribution in [3.63, 3.8) is 0 Å². The van der Waals surface area contributed by atoms with Gasteiger partial charge < -0.3 is 14.2 Å². The molecule has 0 spiro atoms. The van der Waals surface area contributed by atoms with E-state index < -0.39 is 0 Å². The lowest BCUT2D eigenvalue weighted by Crippen LogP contribution is -2.48. The molecular formula is C25H24N4O2. The van der Waals surface area contributed by atoms with Crippen LogP contribution in [-0.4, -0.2) is 46.8 Å². The average Bonchev–Trinajstić information content (AvgIpc) is 3.46. The zero-order valence-corrected chi connectivity index (χ0v) is 17.4. The Morgan fingerprint density at radius 3 is 2.10 bits per heavy atom. The number of benzene rings is 2. The standard InChI is InChI=1S/C25H24N4O2/c1-19-12-13-23(31-19)24-22(18-29(26-24)21-10-6-3-7-11-21)25(30)28-16-14-27(15-17-28)20-8-4-2-5-9-20/h2-13,18H,14-17H2,1H3. The Morgan fingerprint density at radius 2 is 1.48 bits per heavy atom. The number of furan rings is 1. The van der Waals surface area contributed by atoms with Crippen LogP contribution in [0, 0.1) is 6.92 Å². The molecule has 1 fully saturated rings. The van der Waals surface area contributed by atoms with Crippen molar-refractivity contribution >= 4 is 11.6 Å². The Bertz CT molecular complexity index is 1170. The zero-order valence-electron chi connectivity index (χ0n) is 17.4. The molecule has 0 aliphatic carbocycles. The topological polar surface area (TPSA) is 54.5 Å². The quantitative estimate of drug-likeness (QED) is 0.498. The Balaban J connectivity index is 1.42. The Kier molecular flexibility index (Phi) is 5.04. The number of aryl methyl sites for hydroxylation is 1. The third-order valence-electron chi connectivity index (χ3n) is 5.63. The Labute approximate surface area is 181 Å². The Hall–Kier alpha value is -3.80. The molecule has 1 aliphatic rings. The third kappa shape index (κ3) is 3.84. The van der Waals surface area contributed by atoms with Gasteiger partial charge in [0.25, 0.3) is 5.91 Å². The number of rotatable bonds is 4. The second kappa shape index (κ2) is 8.14. The van der Waals surface area contributed by atoms with E-state index in [-0.39, 0.29) is 5.91 Å². The van der Waals surface area contributed by atoms with Crippen LogP contribution in [0.25, 0.3) is 17.1 Å². The third-order valence-corrected chi connectivity index (χ3v) is 5.63. The zero-order chi connectivity index (χ0) is 21.2. The normalized spacial score (nSPS) is 14.1. The number of carbonyl (C=O) groups is 1. The minimum absolute atomic E-state index is 0.0149. The molecule has 0 atom stereocenters. The van der Waals surface area contributed by atoms with Gasteiger partial charge >= 0.3 is 0 Å². The summed E-state index contributed by atoms with van der Waals surface area (Å²) in [5, 5.41) is 4.71. The number of nitrogens with zero attached hydrogens (tertiary/aromatic N) is 4. The van der Waals surface area contributed by atoms with Crippen molar-refractivity contribution in [1.29, 1.82) is 0 Å². The summed E-state index contributed by atoms with van der Waals surface area (Å²) in [6.07, 6.45) is 1.81. The van der Waals surface area contributed by atoms with Crippen molar-refractivity contribution in [3.8, 4) is 17.1 Å². The van der Waals surface area contributed by atoms with E-state index in [1.165, 1.54) is 5.69 Å². The van der Waals surface area contributed by atoms with Crippen molar-refractivity contribution in [2.75, 3.05) is 31.1 Å². The molecule has 156 valence electrons. The highest BCUT2D eigenvalue weighted by Crippen LogP contribution is 2.27. The molecule has 0 unspecified atom stereocenters. The number of aromatic nitrogens is 2. The second-order valence-electron chi connectivity index (χ2n) is 7.70. The Morgan fingerprint density at radius 1 is 0.839 bits per heavy atom. The molecule has 1 amide bonds. The van der Waals surface area contributed by atoms with Crippen molar-refractivity contribution in [2.45, 2.75) is 6.92 Å². The fraction of sp³-hybridized carbons (Fsp3) is 0.200. The molecule has 2 aromatic carbocycles. The van der Waals surface area contributed by atoms with Gasteiger partial charge in [-0.3, -0.25) is 4.79 Å². The first-order chi connectivity index (χ1) is 15.2. The second-order valence-corrected chi connectivity index (χ2v) is 7.70. The van der Waals surface area contributed by atoms with Gasteiger partial charge in [0, 0.05) is 38.1 Å². The van der Waals surface area contributed by atoms with Gasteiger partial charge in [-0.25, -0.2) is 4.68 Å².